The molecule has 1 aromatic rings. The van der Waals surface area contributed by atoms with Gasteiger partial charge in [-0.15, -0.1) is 0 Å². The first-order chi connectivity index (χ1) is 11.9. The topological polar surface area (TPSA) is 64.7 Å². The fourth-order valence-electron chi connectivity index (χ4n) is 3.02. The van der Waals surface area contributed by atoms with Gasteiger partial charge in [-0.3, -0.25) is 19.9 Å². The van der Waals surface area contributed by atoms with Gasteiger partial charge in [0.15, 0.2) is 0 Å². The number of carbonyl (C=O) groups excluding carboxylic acids is 2. The summed E-state index contributed by atoms with van der Waals surface area (Å²) in [7, 11) is 0. The van der Waals surface area contributed by atoms with Crippen molar-refractivity contribution in [3.8, 4) is 0 Å². The monoisotopic (exact) mass is 346 g/mol. The molecule has 1 saturated heterocycles. The van der Waals surface area contributed by atoms with Crippen LogP contribution in [0.5, 0.6) is 0 Å². The van der Waals surface area contributed by atoms with Crippen molar-refractivity contribution < 1.29 is 9.59 Å². The van der Waals surface area contributed by atoms with Crippen molar-refractivity contribution in [2.24, 2.45) is 0 Å². The Bertz CT molecular complexity index is 595. The molecule has 0 spiro atoms. The maximum Gasteiger partial charge on any atom is 0.321 e. The first-order valence-corrected chi connectivity index (χ1v) is 8.99. The van der Waals surface area contributed by atoms with Crippen molar-refractivity contribution in [2.75, 3.05) is 26.2 Å². The van der Waals surface area contributed by atoms with Gasteiger partial charge in [-0.05, 0) is 38.8 Å². The van der Waals surface area contributed by atoms with Crippen LogP contribution in [0.1, 0.15) is 31.9 Å². The highest BCUT2D eigenvalue weighted by Crippen LogP contribution is 2.13. The number of hydrogen-bond acceptors (Lipinski definition) is 4. The predicted molar refractivity (Wildman–Crippen MR) is 99.3 cm³/mol. The number of imide groups is 1. The Hall–Kier alpha value is -1.92. The van der Waals surface area contributed by atoms with Crippen molar-refractivity contribution in [1.29, 1.82) is 0 Å². The lowest BCUT2D eigenvalue weighted by molar-refractivity contribution is -0.125. The fraction of sp³-hybridized carbons (Fsp3) is 0.579. The Balaban J connectivity index is 1.80. The van der Waals surface area contributed by atoms with E-state index in [9.17, 15) is 9.59 Å². The van der Waals surface area contributed by atoms with E-state index in [0.29, 0.717) is 0 Å². The van der Waals surface area contributed by atoms with Crippen molar-refractivity contribution in [1.82, 2.24) is 20.4 Å². The van der Waals surface area contributed by atoms with Crippen molar-refractivity contribution >= 4 is 11.9 Å². The molecule has 1 fully saturated rings. The van der Waals surface area contributed by atoms with Gasteiger partial charge in [0.05, 0.1) is 6.04 Å². The van der Waals surface area contributed by atoms with Gasteiger partial charge in [0.25, 0.3) is 0 Å². The van der Waals surface area contributed by atoms with Crippen LogP contribution in [0.4, 0.5) is 4.79 Å². The molecule has 1 aromatic carbocycles. The van der Waals surface area contributed by atoms with E-state index in [1.807, 2.05) is 20.8 Å². The molecule has 0 radical (unpaired) electrons. The summed E-state index contributed by atoms with van der Waals surface area (Å²) in [6.07, 6.45) is 0. The summed E-state index contributed by atoms with van der Waals surface area (Å²) in [5, 5.41) is 5.10. The average Bonchev–Trinajstić information content (AvgIpc) is 2.56. The maximum atomic E-state index is 12.2. The summed E-state index contributed by atoms with van der Waals surface area (Å²) < 4.78 is 0. The highest BCUT2D eigenvalue weighted by atomic mass is 16.2. The number of urea groups is 1. The van der Waals surface area contributed by atoms with Crippen molar-refractivity contribution in [2.45, 2.75) is 46.3 Å². The van der Waals surface area contributed by atoms with Crippen molar-refractivity contribution in [3.63, 3.8) is 0 Å². The number of carbonyl (C=O) groups is 2. The Kier molecular flexibility index (Phi) is 6.96. The normalized spacial score (nSPS) is 17.3. The highest BCUT2D eigenvalue weighted by Gasteiger charge is 2.26. The molecule has 6 nitrogen and oxygen atoms in total. The van der Waals surface area contributed by atoms with Gasteiger partial charge >= 0.3 is 6.03 Å². The third-order valence-corrected chi connectivity index (χ3v) is 4.65. The second kappa shape index (κ2) is 8.97. The molecule has 0 bridgehead atoms. The third-order valence-electron chi connectivity index (χ3n) is 4.65. The Morgan fingerprint density at radius 1 is 1.08 bits per heavy atom. The predicted octanol–water partition coefficient (Wildman–Crippen LogP) is 1.74. The van der Waals surface area contributed by atoms with Crippen molar-refractivity contribution in [3.05, 3.63) is 35.4 Å². The Labute approximate surface area is 150 Å². The second-order valence-corrected chi connectivity index (χ2v) is 7.03. The SMILES string of the molecule is Cc1ccccc1CN1CCN(C(C)C(=O)NC(=O)NC(C)C)CC1. The molecule has 0 aliphatic carbocycles. The van der Waals surface area contributed by atoms with E-state index in [4.69, 9.17) is 0 Å². The summed E-state index contributed by atoms with van der Waals surface area (Å²) in [6, 6.07) is 7.72. The van der Waals surface area contributed by atoms with E-state index < -0.39 is 6.03 Å². The smallest absolute Gasteiger partial charge is 0.321 e. The molecule has 1 aliphatic rings. The van der Waals surface area contributed by atoms with Crippen LogP contribution < -0.4 is 10.6 Å². The van der Waals surface area contributed by atoms with Crippen LogP contribution in [0.15, 0.2) is 24.3 Å². The van der Waals surface area contributed by atoms with E-state index in [2.05, 4.69) is 51.6 Å². The summed E-state index contributed by atoms with van der Waals surface area (Å²) in [4.78, 5) is 28.4. The average molecular weight is 346 g/mol. The summed E-state index contributed by atoms with van der Waals surface area (Å²) in [6.45, 7) is 12.2. The van der Waals surface area contributed by atoms with Crippen LogP contribution in [-0.4, -0.2) is 60.0 Å². The number of aryl methyl sites for hydroxylation is 1. The molecule has 1 aliphatic heterocycles. The molecule has 3 amide bonds. The number of amides is 3. The maximum absolute atomic E-state index is 12.2. The number of nitrogens with zero attached hydrogens (tertiary/aromatic N) is 2. The molecular weight excluding hydrogens is 316 g/mol. The van der Waals surface area contributed by atoms with Gasteiger partial charge in [0.2, 0.25) is 5.91 Å². The molecule has 0 aromatic heterocycles. The van der Waals surface area contributed by atoms with Gasteiger partial charge in [-0.25, -0.2) is 4.79 Å². The first-order valence-electron chi connectivity index (χ1n) is 8.99. The van der Waals surface area contributed by atoms with Gasteiger partial charge < -0.3 is 5.32 Å². The molecular formula is C19H30N4O2. The van der Waals surface area contributed by atoms with E-state index >= 15 is 0 Å². The van der Waals surface area contributed by atoms with Crippen LogP contribution in [0.2, 0.25) is 0 Å². The standard InChI is InChI=1S/C19H30N4O2/c1-14(2)20-19(25)21-18(24)16(4)23-11-9-22(10-12-23)13-17-8-6-5-7-15(17)3/h5-8,14,16H,9-13H2,1-4H3,(H2,20,21,24,25). The number of rotatable bonds is 5. The minimum atomic E-state index is -0.426. The first kappa shape index (κ1) is 19.4. The Morgan fingerprint density at radius 2 is 1.72 bits per heavy atom. The second-order valence-electron chi connectivity index (χ2n) is 7.03. The zero-order valence-corrected chi connectivity index (χ0v) is 15.7. The van der Waals surface area contributed by atoms with Gasteiger partial charge in [-0.1, -0.05) is 24.3 Å². The fourth-order valence-corrected chi connectivity index (χ4v) is 3.02. The van der Waals surface area contributed by atoms with Gasteiger partial charge in [0, 0.05) is 38.8 Å². The lowest BCUT2D eigenvalue weighted by Gasteiger charge is -2.37. The van der Waals surface area contributed by atoms with E-state index in [1.54, 1.807) is 0 Å². The molecule has 25 heavy (non-hydrogen) atoms. The van der Waals surface area contributed by atoms with Crippen LogP contribution in [0.3, 0.4) is 0 Å². The Morgan fingerprint density at radius 3 is 2.32 bits per heavy atom. The number of benzene rings is 1. The largest absolute Gasteiger partial charge is 0.336 e. The summed E-state index contributed by atoms with van der Waals surface area (Å²) in [5.74, 6) is -0.245. The zero-order chi connectivity index (χ0) is 18.4. The molecule has 1 unspecified atom stereocenters. The van der Waals surface area contributed by atoms with Crippen LogP contribution in [-0.2, 0) is 11.3 Å². The third kappa shape index (κ3) is 5.83. The quantitative estimate of drug-likeness (QED) is 0.852. The van der Waals surface area contributed by atoms with E-state index in [-0.39, 0.29) is 18.0 Å². The summed E-state index contributed by atoms with van der Waals surface area (Å²) >= 11 is 0. The molecule has 2 rings (SSSR count). The molecule has 6 heteroatoms. The van der Waals surface area contributed by atoms with Gasteiger partial charge in [0.1, 0.15) is 0 Å². The van der Waals surface area contributed by atoms with E-state index in [0.717, 1.165) is 32.7 Å². The van der Waals surface area contributed by atoms with E-state index in [1.165, 1.54) is 11.1 Å². The minimum absolute atomic E-state index is 0.00749. The number of nitrogens with one attached hydrogen (secondary N) is 2. The number of piperazine rings is 1. The molecule has 138 valence electrons. The van der Waals surface area contributed by atoms with Crippen LogP contribution in [0.25, 0.3) is 0 Å². The summed E-state index contributed by atoms with van der Waals surface area (Å²) in [5.41, 5.74) is 2.67. The van der Waals surface area contributed by atoms with Gasteiger partial charge in [-0.2, -0.15) is 0 Å². The lowest BCUT2D eigenvalue weighted by atomic mass is 10.1. The molecule has 1 atom stereocenters. The highest BCUT2D eigenvalue weighted by molar-refractivity contribution is 5.96. The minimum Gasteiger partial charge on any atom is -0.336 e. The lowest BCUT2D eigenvalue weighted by Crippen LogP contribution is -2.55. The zero-order valence-electron chi connectivity index (χ0n) is 15.7. The van der Waals surface area contributed by atoms with Crippen LogP contribution >= 0.6 is 0 Å². The molecule has 2 N–H and O–H groups in total. The number of hydrogen-bond donors (Lipinski definition) is 2. The molecule has 1 heterocycles. The molecule has 0 saturated carbocycles. The van der Waals surface area contributed by atoms with Crippen LogP contribution in [0, 0.1) is 6.92 Å².